The molecule has 0 amide bonds. The first-order valence-corrected chi connectivity index (χ1v) is 10.4. The second-order valence-corrected chi connectivity index (χ2v) is 8.42. The maximum Gasteiger partial charge on any atom is 0.433 e. The molecule has 3 rings (SSSR count). The van der Waals surface area contributed by atoms with Gasteiger partial charge in [0.05, 0.1) is 6.04 Å². The van der Waals surface area contributed by atoms with Crippen LogP contribution in [0, 0.1) is 11.8 Å². The molecule has 162 valence electrons. The highest BCUT2D eigenvalue weighted by Gasteiger charge is 2.35. The fourth-order valence-electron chi connectivity index (χ4n) is 3.81. The number of nitrogens with zero attached hydrogens (tertiary/aromatic N) is 3. The summed E-state index contributed by atoms with van der Waals surface area (Å²) < 4.78 is 40.4. The lowest BCUT2D eigenvalue weighted by atomic mass is 9.92. The van der Waals surface area contributed by atoms with Gasteiger partial charge >= 0.3 is 6.18 Å². The second-order valence-electron chi connectivity index (χ2n) is 8.01. The third-order valence-electron chi connectivity index (χ3n) is 5.07. The average molecular weight is 438 g/mol. The van der Waals surface area contributed by atoms with Crippen LogP contribution in [0.25, 0.3) is 0 Å². The molecule has 2 N–H and O–H groups in total. The van der Waals surface area contributed by atoms with Gasteiger partial charge in [-0.25, -0.2) is 4.98 Å². The molecule has 1 aliphatic heterocycles. The number of piperidine rings is 1. The molecule has 1 fully saturated rings. The Labute approximate surface area is 180 Å². The van der Waals surface area contributed by atoms with Crippen molar-refractivity contribution in [1.82, 2.24) is 15.3 Å². The van der Waals surface area contributed by atoms with Crippen LogP contribution in [0.4, 0.5) is 24.9 Å². The smallest absolute Gasteiger partial charge is 0.356 e. The monoisotopic (exact) mass is 437 g/mol. The highest BCUT2D eigenvalue weighted by atomic mass is 32.1. The van der Waals surface area contributed by atoms with E-state index in [4.69, 9.17) is 12.2 Å². The van der Waals surface area contributed by atoms with Crippen LogP contribution in [-0.4, -0.2) is 28.2 Å². The molecule has 0 unspecified atom stereocenters. The summed E-state index contributed by atoms with van der Waals surface area (Å²) in [6.45, 7) is 7.42. The Bertz CT molecular complexity index is 865. The third kappa shape index (κ3) is 5.81. The van der Waals surface area contributed by atoms with Crippen LogP contribution in [-0.2, 0) is 6.18 Å². The van der Waals surface area contributed by atoms with Gasteiger partial charge in [-0.05, 0) is 43.0 Å². The number of nitrogens with one attached hydrogen (secondary N) is 2. The number of rotatable bonds is 4. The maximum atomic E-state index is 13.5. The van der Waals surface area contributed by atoms with Crippen LogP contribution in [0.1, 0.15) is 44.5 Å². The lowest BCUT2D eigenvalue weighted by Gasteiger charge is -2.36. The van der Waals surface area contributed by atoms with Gasteiger partial charge in [-0.2, -0.15) is 18.2 Å². The largest absolute Gasteiger partial charge is 0.433 e. The van der Waals surface area contributed by atoms with E-state index in [0.29, 0.717) is 24.9 Å². The Morgan fingerprint density at radius 2 is 1.77 bits per heavy atom. The number of hydrogen-bond acceptors (Lipinski definition) is 4. The SMILES string of the molecule is C[C@@H]1C[C@H](C)CN(c2cc(C(F)(F)F)nc(NC(=S)N[C@@H](C)c3ccccc3)n2)C1. The van der Waals surface area contributed by atoms with Crippen LogP contribution in [0.2, 0.25) is 0 Å². The normalized spacial score (nSPS) is 20.5. The van der Waals surface area contributed by atoms with Crippen LogP contribution < -0.4 is 15.5 Å². The van der Waals surface area contributed by atoms with Crippen molar-refractivity contribution in [2.75, 3.05) is 23.3 Å². The van der Waals surface area contributed by atoms with Crippen LogP contribution in [0.15, 0.2) is 36.4 Å². The van der Waals surface area contributed by atoms with Gasteiger partial charge in [0.15, 0.2) is 10.8 Å². The summed E-state index contributed by atoms with van der Waals surface area (Å²) in [6.07, 6.45) is -3.53. The summed E-state index contributed by atoms with van der Waals surface area (Å²) in [5.41, 5.74) is 0.0170. The molecule has 1 aliphatic rings. The van der Waals surface area contributed by atoms with Gasteiger partial charge in [-0.3, -0.25) is 0 Å². The average Bonchev–Trinajstić information content (AvgIpc) is 2.67. The fraction of sp³-hybridized carbons (Fsp3) is 0.476. The standard InChI is InChI=1S/C21H26F3N5S/c1-13-9-14(2)12-29(11-13)18-10-17(21(22,23)24)26-19(27-18)28-20(30)25-15(3)16-7-5-4-6-8-16/h4-8,10,13-15H,9,11-12H2,1-3H3,(H2,25,26,27,28,30)/t13-,14+,15-/m0/s1. The van der Waals surface area contributed by atoms with E-state index in [1.807, 2.05) is 42.2 Å². The number of thiocarbonyl (C=S) groups is 1. The zero-order valence-electron chi connectivity index (χ0n) is 17.2. The van der Waals surface area contributed by atoms with E-state index in [-0.39, 0.29) is 22.9 Å². The molecule has 0 radical (unpaired) electrons. The van der Waals surface area contributed by atoms with Gasteiger partial charge < -0.3 is 15.5 Å². The summed E-state index contributed by atoms with van der Waals surface area (Å²) in [4.78, 5) is 9.88. The second kappa shape index (κ2) is 9.16. The number of benzene rings is 1. The Morgan fingerprint density at radius 1 is 1.13 bits per heavy atom. The number of aromatic nitrogens is 2. The molecule has 5 nitrogen and oxygen atoms in total. The van der Waals surface area contributed by atoms with E-state index in [0.717, 1.165) is 18.1 Å². The molecule has 1 saturated heterocycles. The minimum atomic E-state index is -4.58. The van der Waals surface area contributed by atoms with Crippen LogP contribution >= 0.6 is 12.2 Å². The predicted octanol–water partition coefficient (Wildman–Crippen LogP) is 5.03. The highest BCUT2D eigenvalue weighted by molar-refractivity contribution is 7.80. The maximum absolute atomic E-state index is 13.5. The van der Waals surface area contributed by atoms with E-state index < -0.39 is 11.9 Å². The van der Waals surface area contributed by atoms with Crippen molar-refractivity contribution in [3.05, 3.63) is 47.7 Å². The number of halogens is 3. The number of anilines is 2. The molecule has 1 aromatic carbocycles. The quantitative estimate of drug-likeness (QED) is 0.655. The lowest BCUT2D eigenvalue weighted by Crippen LogP contribution is -2.39. The number of alkyl halides is 3. The molecular formula is C21H26F3N5S. The van der Waals surface area contributed by atoms with Gasteiger partial charge in [0.1, 0.15) is 5.82 Å². The van der Waals surface area contributed by atoms with Gasteiger partial charge in [0.25, 0.3) is 0 Å². The Balaban J connectivity index is 1.80. The topological polar surface area (TPSA) is 53.1 Å². The summed E-state index contributed by atoms with van der Waals surface area (Å²) in [5.74, 6) is 0.855. The van der Waals surface area contributed by atoms with E-state index in [1.54, 1.807) is 0 Å². The van der Waals surface area contributed by atoms with Gasteiger partial charge in [-0.15, -0.1) is 0 Å². The molecule has 2 heterocycles. The van der Waals surface area contributed by atoms with Crippen molar-refractivity contribution in [3.63, 3.8) is 0 Å². The molecule has 3 atom stereocenters. The molecule has 2 aromatic rings. The summed E-state index contributed by atoms with van der Waals surface area (Å²) in [6, 6.07) is 10.5. The van der Waals surface area contributed by atoms with Gasteiger partial charge in [-0.1, -0.05) is 44.2 Å². The van der Waals surface area contributed by atoms with Crippen LogP contribution in [0.5, 0.6) is 0 Å². The van der Waals surface area contributed by atoms with Crippen molar-refractivity contribution in [1.29, 1.82) is 0 Å². The molecule has 0 bridgehead atoms. The molecule has 1 aromatic heterocycles. The van der Waals surface area contributed by atoms with Crippen molar-refractivity contribution in [2.24, 2.45) is 11.8 Å². The first-order chi connectivity index (χ1) is 14.1. The van der Waals surface area contributed by atoms with Crippen LogP contribution in [0.3, 0.4) is 0 Å². The van der Waals surface area contributed by atoms with E-state index in [9.17, 15) is 13.2 Å². The van der Waals surface area contributed by atoms with Crippen molar-refractivity contribution < 1.29 is 13.2 Å². The minimum absolute atomic E-state index is 0.125. The summed E-state index contributed by atoms with van der Waals surface area (Å²) in [7, 11) is 0. The zero-order chi connectivity index (χ0) is 21.9. The zero-order valence-corrected chi connectivity index (χ0v) is 18.0. The van der Waals surface area contributed by atoms with E-state index in [1.165, 1.54) is 0 Å². The van der Waals surface area contributed by atoms with Crippen molar-refractivity contribution in [3.8, 4) is 0 Å². The number of hydrogen-bond donors (Lipinski definition) is 2. The molecule has 0 aliphatic carbocycles. The summed E-state index contributed by atoms with van der Waals surface area (Å²) in [5, 5.41) is 5.95. The molecule has 9 heteroatoms. The lowest BCUT2D eigenvalue weighted by molar-refractivity contribution is -0.141. The fourth-order valence-corrected chi connectivity index (χ4v) is 4.07. The first-order valence-electron chi connectivity index (χ1n) is 9.95. The van der Waals surface area contributed by atoms with Crippen molar-refractivity contribution >= 4 is 29.1 Å². The third-order valence-corrected chi connectivity index (χ3v) is 5.29. The molecule has 0 saturated carbocycles. The molecule has 0 spiro atoms. The van der Waals surface area contributed by atoms with E-state index in [2.05, 4.69) is 34.4 Å². The van der Waals surface area contributed by atoms with E-state index >= 15 is 0 Å². The molecule has 30 heavy (non-hydrogen) atoms. The predicted molar refractivity (Wildman–Crippen MR) is 116 cm³/mol. The van der Waals surface area contributed by atoms with Crippen molar-refractivity contribution in [2.45, 2.75) is 39.4 Å². The van der Waals surface area contributed by atoms with Gasteiger partial charge in [0, 0.05) is 19.2 Å². The highest BCUT2D eigenvalue weighted by Crippen LogP contribution is 2.32. The molecular weight excluding hydrogens is 411 g/mol. The minimum Gasteiger partial charge on any atom is -0.356 e. The first kappa shape index (κ1) is 22.3. The van der Waals surface area contributed by atoms with Gasteiger partial charge in [0.2, 0.25) is 5.95 Å². The Kier molecular flexibility index (Phi) is 6.80. The Hall–Kier alpha value is -2.42. The Morgan fingerprint density at radius 3 is 2.37 bits per heavy atom. The summed E-state index contributed by atoms with van der Waals surface area (Å²) >= 11 is 5.29.